The summed E-state index contributed by atoms with van der Waals surface area (Å²) >= 11 is 0. The molecule has 4 rings (SSSR count). The highest BCUT2D eigenvalue weighted by Crippen LogP contribution is 2.43. The van der Waals surface area contributed by atoms with Crippen LogP contribution in [0.2, 0.25) is 0 Å². The Bertz CT molecular complexity index is 735. The summed E-state index contributed by atoms with van der Waals surface area (Å²) < 4.78 is 20.1. The standard InChI is InChI=1S/C22H31FN2O3/c1-21(2)13-8-14-22(3,4)25(21)28-18-12-7-11-17-19(18)24(20(26)27-17)16-10-6-5-9-15(16)23/h5-6,9-10,17-19H,7-8,11-14H2,1-4H3/t17-,18-,19-/m1/s1. The number of anilines is 1. The normalized spacial score (nSPS) is 32.1. The Labute approximate surface area is 166 Å². The van der Waals surface area contributed by atoms with Crippen molar-refractivity contribution in [1.82, 2.24) is 5.06 Å². The predicted octanol–water partition coefficient (Wildman–Crippen LogP) is 5.05. The van der Waals surface area contributed by atoms with Crippen LogP contribution in [0.15, 0.2) is 24.3 Å². The predicted molar refractivity (Wildman–Crippen MR) is 106 cm³/mol. The molecule has 0 radical (unpaired) electrons. The Balaban J connectivity index is 1.65. The molecule has 6 heteroatoms. The van der Waals surface area contributed by atoms with Gasteiger partial charge in [0, 0.05) is 11.1 Å². The van der Waals surface area contributed by atoms with E-state index in [-0.39, 0.29) is 35.0 Å². The largest absolute Gasteiger partial charge is 0.444 e. The highest BCUT2D eigenvalue weighted by molar-refractivity contribution is 5.91. The van der Waals surface area contributed by atoms with Gasteiger partial charge in [-0.2, -0.15) is 5.06 Å². The smallest absolute Gasteiger partial charge is 0.415 e. The van der Waals surface area contributed by atoms with Gasteiger partial charge in [0.05, 0.1) is 5.69 Å². The van der Waals surface area contributed by atoms with E-state index in [1.54, 1.807) is 18.2 Å². The SMILES string of the molecule is CC1(C)CCCC(C)(C)N1O[C@@H]1CCC[C@H]2OC(=O)N(c3ccccc3F)[C@H]21. The Morgan fingerprint density at radius 3 is 2.43 bits per heavy atom. The molecule has 0 aromatic heterocycles. The second-order valence-electron chi connectivity index (χ2n) is 9.58. The quantitative estimate of drug-likeness (QED) is 0.725. The fraction of sp³-hybridized carbons (Fsp3) is 0.682. The number of fused-ring (bicyclic) bond motifs is 1. The maximum absolute atomic E-state index is 14.5. The van der Waals surface area contributed by atoms with Crippen LogP contribution in [-0.4, -0.2) is 40.5 Å². The number of hydrogen-bond donors (Lipinski definition) is 0. The minimum Gasteiger partial charge on any atom is -0.444 e. The van der Waals surface area contributed by atoms with Gasteiger partial charge in [-0.1, -0.05) is 12.1 Å². The van der Waals surface area contributed by atoms with Crippen LogP contribution >= 0.6 is 0 Å². The van der Waals surface area contributed by atoms with Crippen molar-refractivity contribution in [3.8, 4) is 0 Å². The van der Waals surface area contributed by atoms with Gasteiger partial charge >= 0.3 is 6.09 Å². The Hall–Kier alpha value is -1.66. The fourth-order valence-corrected chi connectivity index (χ4v) is 5.29. The summed E-state index contributed by atoms with van der Waals surface area (Å²) in [5.41, 5.74) is 0.0785. The molecule has 1 amide bonds. The monoisotopic (exact) mass is 390 g/mol. The van der Waals surface area contributed by atoms with Crippen molar-refractivity contribution in [1.29, 1.82) is 0 Å². The Kier molecular flexibility index (Phi) is 4.91. The van der Waals surface area contributed by atoms with Gasteiger partial charge in [-0.3, -0.25) is 9.74 Å². The molecule has 3 fully saturated rings. The highest BCUT2D eigenvalue weighted by Gasteiger charge is 2.52. The lowest BCUT2D eigenvalue weighted by molar-refractivity contribution is -0.311. The van der Waals surface area contributed by atoms with Crippen LogP contribution in [-0.2, 0) is 9.57 Å². The second-order valence-corrected chi connectivity index (χ2v) is 9.58. The zero-order valence-corrected chi connectivity index (χ0v) is 17.3. The van der Waals surface area contributed by atoms with Crippen LogP contribution in [0.3, 0.4) is 0 Å². The number of ether oxygens (including phenoxy) is 1. The van der Waals surface area contributed by atoms with Gasteiger partial charge < -0.3 is 4.74 Å². The van der Waals surface area contributed by atoms with Crippen LogP contribution in [0, 0.1) is 5.82 Å². The molecule has 0 spiro atoms. The number of para-hydroxylation sites is 1. The molecule has 2 aliphatic heterocycles. The van der Waals surface area contributed by atoms with Crippen LogP contribution < -0.4 is 4.90 Å². The van der Waals surface area contributed by atoms with E-state index in [0.717, 1.165) is 32.1 Å². The summed E-state index contributed by atoms with van der Waals surface area (Å²) in [5.74, 6) is -0.414. The average molecular weight is 390 g/mol. The molecular weight excluding hydrogens is 359 g/mol. The van der Waals surface area contributed by atoms with E-state index in [0.29, 0.717) is 0 Å². The van der Waals surface area contributed by atoms with Crippen molar-refractivity contribution >= 4 is 11.8 Å². The second kappa shape index (κ2) is 6.99. The molecule has 5 nitrogen and oxygen atoms in total. The molecule has 154 valence electrons. The third-order valence-electron chi connectivity index (χ3n) is 6.52. The number of benzene rings is 1. The van der Waals surface area contributed by atoms with Crippen molar-refractivity contribution in [2.75, 3.05) is 4.90 Å². The lowest BCUT2D eigenvalue weighted by Gasteiger charge is -2.53. The van der Waals surface area contributed by atoms with Gasteiger partial charge in [0.1, 0.15) is 24.1 Å². The van der Waals surface area contributed by atoms with Crippen molar-refractivity contribution in [2.24, 2.45) is 0 Å². The molecule has 28 heavy (non-hydrogen) atoms. The van der Waals surface area contributed by atoms with Gasteiger partial charge in [0.15, 0.2) is 0 Å². The van der Waals surface area contributed by atoms with E-state index in [2.05, 4.69) is 32.8 Å². The molecule has 2 heterocycles. The first-order valence-corrected chi connectivity index (χ1v) is 10.4. The average Bonchev–Trinajstić information content (AvgIpc) is 2.95. The first-order valence-electron chi connectivity index (χ1n) is 10.4. The number of carbonyl (C=O) groups excluding carboxylic acids is 1. The summed E-state index contributed by atoms with van der Waals surface area (Å²) in [4.78, 5) is 20.8. The number of amides is 1. The number of carbonyl (C=O) groups is 1. The maximum atomic E-state index is 14.5. The van der Waals surface area contributed by atoms with Crippen molar-refractivity contribution in [2.45, 2.75) is 95.5 Å². The molecule has 0 unspecified atom stereocenters. The number of rotatable bonds is 3. The zero-order valence-electron chi connectivity index (χ0n) is 17.3. The molecule has 1 saturated carbocycles. The maximum Gasteiger partial charge on any atom is 0.415 e. The van der Waals surface area contributed by atoms with Gasteiger partial charge in [0.25, 0.3) is 0 Å². The summed E-state index contributed by atoms with van der Waals surface area (Å²) in [5, 5.41) is 2.14. The van der Waals surface area contributed by atoms with E-state index >= 15 is 0 Å². The Morgan fingerprint density at radius 2 is 1.75 bits per heavy atom. The summed E-state index contributed by atoms with van der Waals surface area (Å²) in [7, 11) is 0. The highest BCUT2D eigenvalue weighted by atomic mass is 19.1. The van der Waals surface area contributed by atoms with Crippen LogP contribution in [0.5, 0.6) is 0 Å². The van der Waals surface area contributed by atoms with Crippen LogP contribution in [0.4, 0.5) is 14.9 Å². The third kappa shape index (κ3) is 3.30. The van der Waals surface area contributed by atoms with E-state index in [1.165, 1.54) is 17.4 Å². The van der Waals surface area contributed by atoms with Gasteiger partial charge in [0.2, 0.25) is 0 Å². The number of halogens is 1. The zero-order chi connectivity index (χ0) is 20.1. The van der Waals surface area contributed by atoms with Gasteiger partial charge in [-0.15, -0.1) is 0 Å². The Morgan fingerprint density at radius 1 is 1.07 bits per heavy atom. The minimum absolute atomic E-state index is 0.0962. The van der Waals surface area contributed by atoms with E-state index in [9.17, 15) is 9.18 Å². The van der Waals surface area contributed by atoms with E-state index in [1.807, 2.05) is 0 Å². The molecule has 2 saturated heterocycles. The first-order chi connectivity index (χ1) is 13.2. The summed E-state index contributed by atoms with van der Waals surface area (Å²) in [6, 6.07) is 6.08. The molecule has 1 aromatic rings. The lowest BCUT2D eigenvalue weighted by atomic mass is 9.82. The number of nitrogens with zero attached hydrogens (tertiary/aromatic N) is 2. The molecule has 0 bridgehead atoms. The molecule has 1 aliphatic carbocycles. The molecule has 3 atom stereocenters. The van der Waals surface area contributed by atoms with E-state index in [4.69, 9.17) is 9.57 Å². The van der Waals surface area contributed by atoms with Crippen molar-refractivity contribution < 1.29 is 18.8 Å². The van der Waals surface area contributed by atoms with Crippen molar-refractivity contribution in [3.63, 3.8) is 0 Å². The molecule has 3 aliphatic rings. The van der Waals surface area contributed by atoms with Gasteiger partial charge in [-0.25, -0.2) is 9.18 Å². The molecule has 1 aromatic carbocycles. The van der Waals surface area contributed by atoms with Crippen LogP contribution in [0.1, 0.15) is 66.2 Å². The number of hydrogen-bond acceptors (Lipinski definition) is 4. The molecule has 0 N–H and O–H groups in total. The van der Waals surface area contributed by atoms with Crippen molar-refractivity contribution in [3.05, 3.63) is 30.1 Å². The topological polar surface area (TPSA) is 42.0 Å². The van der Waals surface area contributed by atoms with Crippen LogP contribution in [0.25, 0.3) is 0 Å². The fourth-order valence-electron chi connectivity index (χ4n) is 5.29. The number of hydroxylamine groups is 2. The first kappa shape index (κ1) is 19.6. The summed E-state index contributed by atoms with van der Waals surface area (Å²) in [6.07, 6.45) is 4.86. The number of piperidine rings is 1. The lowest BCUT2D eigenvalue weighted by Crippen LogP contribution is -2.62. The third-order valence-corrected chi connectivity index (χ3v) is 6.52. The minimum atomic E-state index is -0.479. The van der Waals surface area contributed by atoms with Gasteiger partial charge in [-0.05, 0) is 78.4 Å². The van der Waals surface area contributed by atoms with E-state index < -0.39 is 11.9 Å². The molecular formula is C22H31FN2O3. The summed E-state index contributed by atoms with van der Waals surface area (Å²) in [6.45, 7) is 8.83.